The highest BCUT2D eigenvalue weighted by molar-refractivity contribution is 5.22. The average molecular weight is 215 g/mol. The monoisotopic (exact) mass is 215 g/mol. The van der Waals surface area contributed by atoms with Crippen molar-refractivity contribution in [1.29, 1.82) is 0 Å². The van der Waals surface area contributed by atoms with Gasteiger partial charge in [-0.05, 0) is 31.7 Å². The first-order chi connectivity index (χ1) is 7.75. The van der Waals surface area contributed by atoms with Crippen molar-refractivity contribution < 1.29 is 0 Å². The van der Waals surface area contributed by atoms with E-state index in [0.29, 0.717) is 0 Å². The van der Waals surface area contributed by atoms with E-state index in [4.69, 9.17) is 0 Å². The van der Waals surface area contributed by atoms with E-state index in [9.17, 15) is 0 Å². The fraction of sp³-hybridized carbons (Fsp3) is 0.467. The summed E-state index contributed by atoms with van der Waals surface area (Å²) in [6, 6.07) is 8.79. The molecule has 0 saturated carbocycles. The van der Waals surface area contributed by atoms with Crippen molar-refractivity contribution in [3.63, 3.8) is 0 Å². The van der Waals surface area contributed by atoms with Gasteiger partial charge in [-0.3, -0.25) is 0 Å². The van der Waals surface area contributed by atoms with Crippen molar-refractivity contribution in [2.75, 3.05) is 6.54 Å². The molecule has 1 heterocycles. The Kier molecular flexibility index (Phi) is 3.66. The van der Waals surface area contributed by atoms with Crippen LogP contribution in [0.1, 0.15) is 36.8 Å². The second kappa shape index (κ2) is 5.20. The fourth-order valence-corrected chi connectivity index (χ4v) is 2.35. The molecule has 0 radical (unpaired) electrons. The van der Waals surface area contributed by atoms with Crippen LogP contribution in [-0.2, 0) is 6.54 Å². The number of nitrogens with zero attached hydrogens (tertiary/aromatic N) is 1. The van der Waals surface area contributed by atoms with Crippen LogP contribution in [-0.4, -0.2) is 11.4 Å². The molecule has 1 fully saturated rings. The van der Waals surface area contributed by atoms with E-state index in [-0.39, 0.29) is 0 Å². The van der Waals surface area contributed by atoms with Gasteiger partial charge in [0.15, 0.2) is 0 Å². The van der Waals surface area contributed by atoms with Gasteiger partial charge in [0, 0.05) is 18.8 Å². The lowest BCUT2D eigenvalue weighted by atomic mass is 10.1. The quantitative estimate of drug-likeness (QED) is 0.723. The summed E-state index contributed by atoms with van der Waals surface area (Å²) in [5.41, 5.74) is 4.07. The molecule has 1 aliphatic rings. The standard InChI is InChI=1S/C15H21N/c1-13-7-6-9-15(11-13)12-16-10-5-3-4-8-14(16)2/h6-7,9,11H,2-5,8,10,12H2,1H3. The Hall–Kier alpha value is -1.24. The van der Waals surface area contributed by atoms with Gasteiger partial charge in [0.05, 0.1) is 0 Å². The molecule has 0 aliphatic carbocycles. The minimum absolute atomic E-state index is 1.03. The first-order valence-corrected chi connectivity index (χ1v) is 6.24. The number of rotatable bonds is 2. The third kappa shape index (κ3) is 2.88. The van der Waals surface area contributed by atoms with Crippen LogP contribution in [0, 0.1) is 6.92 Å². The Morgan fingerprint density at radius 1 is 1.25 bits per heavy atom. The third-order valence-electron chi connectivity index (χ3n) is 3.30. The predicted octanol–water partition coefficient (Wildman–Crippen LogP) is 3.88. The molecule has 0 bridgehead atoms. The molecule has 1 aromatic carbocycles. The smallest absolute Gasteiger partial charge is 0.0426 e. The molecule has 86 valence electrons. The molecule has 0 aromatic heterocycles. The van der Waals surface area contributed by atoms with Crippen LogP contribution in [0.3, 0.4) is 0 Å². The molecule has 1 aliphatic heterocycles. The molecular weight excluding hydrogens is 194 g/mol. The predicted molar refractivity (Wildman–Crippen MR) is 69.2 cm³/mol. The Labute approximate surface area is 98.8 Å². The molecular formula is C15H21N. The van der Waals surface area contributed by atoms with Gasteiger partial charge in [-0.2, -0.15) is 0 Å². The molecule has 0 spiro atoms. The van der Waals surface area contributed by atoms with E-state index >= 15 is 0 Å². The summed E-state index contributed by atoms with van der Waals surface area (Å²) in [6.45, 7) is 8.56. The van der Waals surface area contributed by atoms with Gasteiger partial charge in [-0.25, -0.2) is 0 Å². The van der Waals surface area contributed by atoms with Gasteiger partial charge in [0.1, 0.15) is 0 Å². The molecule has 0 amide bonds. The first-order valence-electron chi connectivity index (χ1n) is 6.24. The number of hydrogen-bond donors (Lipinski definition) is 0. The number of aryl methyl sites for hydroxylation is 1. The lowest BCUT2D eigenvalue weighted by Gasteiger charge is -2.24. The van der Waals surface area contributed by atoms with Gasteiger partial charge < -0.3 is 4.90 Å². The maximum atomic E-state index is 4.20. The zero-order chi connectivity index (χ0) is 11.4. The van der Waals surface area contributed by atoms with E-state index in [1.807, 2.05) is 0 Å². The first kappa shape index (κ1) is 11.3. The van der Waals surface area contributed by atoms with E-state index in [2.05, 4.69) is 42.7 Å². The van der Waals surface area contributed by atoms with Crippen molar-refractivity contribution >= 4 is 0 Å². The van der Waals surface area contributed by atoms with Crippen molar-refractivity contribution in [1.82, 2.24) is 4.90 Å². The second-order valence-electron chi connectivity index (χ2n) is 4.79. The van der Waals surface area contributed by atoms with Crippen LogP contribution in [0.4, 0.5) is 0 Å². The molecule has 0 N–H and O–H groups in total. The van der Waals surface area contributed by atoms with Crippen LogP contribution in [0.25, 0.3) is 0 Å². The number of allylic oxidation sites excluding steroid dienone is 1. The third-order valence-corrected chi connectivity index (χ3v) is 3.30. The van der Waals surface area contributed by atoms with Crippen molar-refractivity contribution in [2.45, 2.75) is 39.2 Å². The number of hydrogen-bond acceptors (Lipinski definition) is 1. The molecule has 1 nitrogen and oxygen atoms in total. The fourth-order valence-electron chi connectivity index (χ4n) is 2.35. The molecule has 1 heteroatoms. The summed E-state index contributed by atoms with van der Waals surface area (Å²) in [5.74, 6) is 0. The van der Waals surface area contributed by atoms with E-state index in [1.54, 1.807) is 0 Å². The summed E-state index contributed by atoms with van der Waals surface area (Å²) < 4.78 is 0. The van der Waals surface area contributed by atoms with E-state index in [0.717, 1.165) is 6.54 Å². The SMILES string of the molecule is C=C1CCCCCN1Cc1cccc(C)c1. The summed E-state index contributed by atoms with van der Waals surface area (Å²) in [5, 5.41) is 0. The van der Waals surface area contributed by atoms with Gasteiger partial charge in [0.2, 0.25) is 0 Å². The summed E-state index contributed by atoms with van der Waals surface area (Å²) >= 11 is 0. The Bertz CT molecular complexity index is 367. The molecule has 2 rings (SSSR count). The highest BCUT2D eigenvalue weighted by Gasteiger charge is 2.11. The van der Waals surface area contributed by atoms with E-state index in [1.165, 1.54) is 49.1 Å². The number of benzene rings is 1. The lowest BCUT2D eigenvalue weighted by Crippen LogP contribution is -2.21. The normalized spacial score (nSPS) is 17.3. The summed E-state index contributed by atoms with van der Waals surface area (Å²) in [6.07, 6.45) is 5.14. The largest absolute Gasteiger partial charge is 0.371 e. The van der Waals surface area contributed by atoms with Gasteiger partial charge in [-0.1, -0.05) is 42.8 Å². The lowest BCUT2D eigenvalue weighted by molar-refractivity contribution is 0.338. The Morgan fingerprint density at radius 3 is 2.94 bits per heavy atom. The average Bonchev–Trinajstić information content (AvgIpc) is 2.45. The highest BCUT2D eigenvalue weighted by Crippen LogP contribution is 2.20. The van der Waals surface area contributed by atoms with Crippen LogP contribution in [0.2, 0.25) is 0 Å². The maximum Gasteiger partial charge on any atom is 0.0426 e. The minimum Gasteiger partial charge on any atom is -0.371 e. The van der Waals surface area contributed by atoms with Crippen LogP contribution in [0.15, 0.2) is 36.5 Å². The van der Waals surface area contributed by atoms with Crippen LogP contribution in [0.5, 0.6) is 0 Å². The number of likely N-dealkylation sites (tertiary alicyclic amines) is 1. The molecule has 0 unspecified atom stereocenters. The Morgan fingerprint density at radius 2 is 2.12 bits per heavy atom. The topological polar surface area (TPSA) is 3.24 Å². The van der Waals surface area contributed by atoms with E-state index < -0.39 is 0 Å². The second-order valence-corrected chi connectivity index (χ2v) is 4.79. The Balaban J connectivity index is 2.05. The van der Waals surface area contributed by atoms with Crippen LogP contribution >= 0.6 is 0 Å². The zero-order valence-corrected chi connectivity index (χ0v) is 10.2. The summed E-state index contributed by atoms with van der Waals surface area (Å²) in [7, 11) is 0. The zero-order valence-electron chi connectivity index (χ0n) is 10.2. The maximum absolute atomic E-state index is 4.20. The van der Waals surface area contributed by atoms with Crippen molar-refractivity contribution in [3.8, 4) is 0 Å². The van der Waals surface area contributed by atoms with Gasteiger partial charge in [0.25, 0.3) is 0 Å². The van der Waals surface area contributed by atoms with Crippen molar-refractivity contribution in [2.24, 2.45) is 0 Å². The van der Waals surface area contributed by atoms with Gasteiger partial charge >= 0.3 is 0 Å². The summed E-state index contributed by atoms with van der Waals surface area (Å²) in [4.78, 5) is 2.45. The molecule has 1 saturated heterocycles. The molecule has 16 heavy (non-hydrogen) atoms. The minimum atomic E-state index is 1.03. The van der Waals surface area contributed by atoms with Gasteiger partial charge in [-0.15, -0.1) is 0 Å². The highest BCUT2D eigenvalue weighted by atomic mass is 15.1. The van der Waals surface area contributed by atoms with Crippen LogP contribution < -0.4 is 0 Å². The molecule has 1 aromatic rings. The molecule has 0 atom stereocenters. The van der Waals surface area contributed by atoms with Crippen molar-refractivity contribution in [3.05, 3.63) is 47.7 Å².